The van der Waals surface area contributed by atoms with Crippen LogP contribution < -0.4 is 5.32 Å². The van der Waals surface area contributed by atoms with E-state index >= 15 is 0 Å². The van der Waals surface area contributed by atoms with Crippen molar-refractivity contribution in [2.75, 3.05) is 5.32 Å². The average molecular weight is 363 g/mol. The second kappa shape index (κ2) is 6.16. The Morgan fingerprint density at radius 1 is 1.37 bits per heavy atom. The summed E-state index contributed by atoms with van der Waals surface area (Å²) in [6.45, 7) is 5.32. The van der Waals surface area contributed by atoms with E-state index in [1.54, 1.807) is 0 Å². The molecule has 1 heterocycles. The molecule has 0 bridgehead atoms. The maximum Gasteiger partial charge on any atom is 0.0865 e. The van der Waals surface area contributed by atoms with Crippen molar-refractivity contribution in [1.82, 2.24) is 9.78 Å². The molecule has 6 heteroatoms. The Bertz CT molecular complexity index is 596. The minimum absolute atomic E-state index is 0.587. The van der Waals surface area contributed by atoms with Crippen LogP contribution in [0.25, 0.3) is 0 Å². The second-order valence-electron chi connectivity index (χ2n) is 4.14. The van der Waals surface area contributed by atoms with Gasteiger partial charge in [0.15, 0.2) is 0 Å². The quantitative estimate of drug-likeness (QED) is 0.838. The lowest BCUT2D eigenvalue weighted by molar-refractivity contribution is 0.623. The van der Waals surface area contributed by atoms with E-state index in [-0.39, 0.29) is 0 Å². The Hall–Kier alpha value is -0.710. The largest absolute Gasteiger partial charge is 0.378 e. The number of nitrogens with one attached hydrogen (secondary N) is 1. The van der Waals surface area contributed by atoms with Gasteiger partial charge in [0.1, 0.15) is 0 Å². The molecule has 1 aromatic carbocycles. The molecule has 0 aliphatic rings. The smallest absolute Gasteiger partial charge is 0.0865 e. The molecule has 0 saturated heterocycles. The molecule has 0 amide bonds. The Morgan fingerprint density at radius 2 is 2.11 bits per heavy atom. The Morgan fingerprint density at radius 3 is 2.79 bits per heavy atom. The summed E-state index contributed by atoms with van der Waals surface area (Å²) in [5, 5.41) is 9.06. The molecule has 0 atom stereocenters. The van der Waals surface area contributed by atoms with Crippen LogP contribution in [0.2, 0.25) is 10.0 Å². The number of hydrogen-bond acceptors (Lipinski definition) is 2. The van der Waals surface area contributed by atoms with E-state index in [4.69, 9.17) is 23.2 Å². The molecule has 2 aromatic rings. The van der Waals surface area contributed by atoms with Gasteiger partial charge in [-0.2, -0.15) is 5.10 Å². The zero-order valence-electron chi connectivity index (χ0n) is 10.7. The van der Waals surface area contributed by atoms with Gasteiger partial charge in [-0.05, 0) is 32.0 Å². The number of benzene rings is 1. The van der Waals surface area contributed by atoms with Crippen molar-refractivity contribution in [3.05, 3.63) is 44.1 Å². The summed E-state index contributed by atoms with van der Waals surface area (Å²) in [5.41, 5.74) is 2.69. The molecule has 3 nitrogen and oxygen atoms in total. The van der Waals surface area contributed by atoms with Gasteiger partial charge < -0.3 is 5.32 Å². The molecule has 0 radical (unpaired) electrons. The van der Waals surface area contributed by atoms with Gasteiger partial charge in [-0.3, -0.25) is 4.68 Å². The highest BCUT2D eigenvalue weighted by Gasteiger charge is 2.12. The lowest BCUT2D eigenvalue weighted by Gasteiger charge is -2.10. The number of anilines is 1. The fourth-order valence-corrected chi connectivity index (χ4v) is 2.60. The van der Waals surface area contributed by atoms with Gasteiger partial charge in [-0.15, -0.1) is 0 Å². The van der Waals surface area contributed by atoms with Crippen molar-refractivity contribution in [3.63, 3.8) is 0 Å². The highest BCUT2D eigenvalue weighted by molar-refractivity contribution is 9.10. The van der Waals surface area contributed by atoms with Crippen LogP contribution in [0, 0.1) is 6.92 Å². The third kappa shape index (κ3) is 3.25. The molecule has 0 aliphatic heterocycles. The number of hydrogen-bond donors (Lipinski definition) is 1. The van der Waals surface area contributed by atoms with Crippen molar-refractivity contribution in [1.29, 1.82) is 0 Å². The summed E-state index contributed by atoms with van der Waals surface area (Å²) in [5.74, 6) is 0. The van der Waals surface area contributed by atoms with E-state index in [0.29, 0.717) is 16.6 Å². The zero-order valence-corrected chi connectivity index (χ0v) is 13.8. The van der Waals surface area contributed by atoms with E-state index in [1.807, 2.05) is 36.7 Å². The van der Waals surface area contributed by atoms with Gasteiger partial charge in [0, 0.05) is 11.0 Å². The molecule has 0 saturated carbocycles. The summed E-state index contributed by atoms with van der Waals surface area (Å²) < 4.78 is 2.88. The van der Waals surface area contributed by atoms with Crippen LogP contribution in [-0.4, -0.2) is 9.78 Å². The first-order valence-corrected chi connectivity index (χ1v) is 7.48. The van der Waals surface area contributed by atoms with Crippen molar-refractivity contribution in [2.24, 2.45) is 0 Å². The van der Waals surface area contributed by atoms with Crippen molar-refractivity contribution in [2.45, 2.75) is 26.9 Å². The monoisotopic (exact) mass is 361 g/mol. The maximum absolute atomic E-state index is 6.26. The maximum atomic E-state index is 6.26. The number of rotatable bonds is 4. The van der Waals surface area contributed by atoms with Gasteiger partial charge in [0.05, 0.1) is 33.7 Å². The fourth-order valence-electron chi connectivity index (χ4n) is 1.85. The van der Waals surface area contributed by atoms with Gasteiger partial charge in [-0.1, -0.05) is 39.1 Å². The van der Waals surface area contributed by atoms with Crippen LogP contribution in [0.5, 0.6) is 0 Å². The van der Waals surface area contributed by atoms with Gasteiger partial charge in [0.25, 0.3) is 0 Å². The Labute approximate surface area is 131 Å². The van der Waals surface area contributed by atoms with Gasteiger partial charge in [-0.25, -0.2) is 0 Å². The van der Waals surface area contributed by atoms with E-state index in [0.717, 1.165) is 28.1 Å². The van der Waals surface area contributed by atoms with Crippen LogP contribution in [0.1, 0.15) is 18.3 Å². The summed E-state index contributed by atoms with van der Waals surface area (Å²) in [7, 11) is 0. The first-order valence-electron chi connectivity index (χ1n) is 5.93. The predicted molar refractivity (Wildman–Crippen MR) is 84.1 cm³/mol. The van der Waals surface area contributed by atoms with Crippen LogP contribution in [0.3, 0.4) is 0 Å². The van der Waals surface area contributed by atoms with E-state index in [2.05, 4.69) is 26.3 Å². The van der Waals surface area contributed by atoms with Crippen LogP contribution in [0.15, 0.2) is 22.7 Å². The molecule has 0 spiro atoms. The first-order chi connectivity index (χ1) is 9.02. The SMILES string of the molecule is CCn1nc(C)c(Cl)c1CNc1cc(Br)ccc1Cl. The molecule has 0 unspecified atom stereocenters. The Kier molecular flexibility index (Phi) is 4.76. The number of halogens is 3. The first kappa shape index (κ1) is 14.7. The van der Waals surface area contributed by atoms with Crippen molar-refractivity contribution < 1.29 is 0 Å². The average Bonchev–Trinajstić information content (AvgIpc) is 2.66. The molecule has 1 N–H and O–H groups in total. The normalized spacial score (nSPS) is 10.8. The second-order valence-corrected chi connectivity index (χ2v) is 5.84. The van der Waals surface area contributed by atoms with Crippen molar-refractivity contribution >= 4 is 44.8 Å². The molecule has 2 rings (SSSR count). The molecule has 0 fully saturated rings. The van der Waals surface area contributed by atoms with E-state index < -0.39 is 0 Å². The lowest BCUT2D eigenvalue weighted by Crippen LogP contribution is -2.08. The van der Waals surface area contributed by atoms with Gasteiger partial charge in [0.2, 0.25) is 0 Å². The molecular formula is C13H14BrCl2N3. The molecule has 0 aliphatic carbocycles. The minimum Gasteiger partial charge on any atom is -0.378 e. The van der Waals surface area contributed by atoms with E-state index in [1.165, 1.54) is 0 Å². The molecule has 102 valence electrons. The number of nitrogens with zero attached hydrogens (tertiary/aromatic N) is 2. The summed E-state index contributed by atoms with van der Waals surface area (Å²) >= 11 is 15.8. The highest BCUT2D eigenvalue weighted by atomic mass is 79.9. The van der Waals surface area contributed by atoms with Gasteiger partial charge >= 0.3 is 0 Å². The molecule has 19 heavy (non-hydrogen) atoms. The summed E-state index contributed by atoms with van der Waals surface area (Å²) in [6.07, 6.45) is 0. The topological polar surface area (TPSA) is 29.9 Å². The van der Waals surface area contributed by atoms with Crippen LogP contribution in [-0.2, 0) is 13.1 Å². The minimum atomic E-state index is 0.587. The van der Waals surface area contributed by atoms with E-state index in [9.17, 15) is 0 Å². The summed E-state index contributed by atoms with van der Waals surface area (Å²) in [6, 6.07) is 5.69. The lowest BCUT2D eigenvalue weighted by atomic mass is 10.3. The number of aryl methyl sites for hydroxylation is 2. The molecule has 1 aromatic heterocycles. The predicted octanol–water partition coefficient (Wildman–Crippen LogP) is 4.89. The zero-order chi connectivity index (χ0) is 14.0. The third-order valence-electron chi connectivity index (χ3n) is 2.83. The van der Waals surface area contributed by atoms with Crippen LogP contribution >= 0.6 is 39.1 Å². The standard InChI is InChI=1S/C13H14BrCl2N3/c1-3-19-12(13(16)8(2)18-19)7-17-11-6-9(14)4-5-10(11)15/h4-6,17H,3,7H2,1-2H3. The van der Waals surface area contributed by atoms with Crippen LogP contribution in [0.4, 0.5) is 5.69 Å². The third-order valence-corrected chi connectivity index (χ3v) is 4.14. The van der Waals surface area contributed by atoms with Crippen molar-refractivity contribution in [3.8, 4) is 0 Å². The highest BCUT2D eigenvalue weighted by Crippen LogP contribution is 2.27. The summed E-state index contributed by atoms with van der Waals surface area (Å²) in [4.78, 5) is 0. The Balaban J connectivity index is 2.21. The molecular weight excluding hydrogens is 349 g/mol. The fraction of sp³-hybridized carbons (Fsp3) is 0.308. The number of aromatic nitrogens is 2.